The van der Waals surface area contributed by atoms with Crippen molar-refractivity contribution in [2.24, 2.45) is 7.05 Å². The zero-order chi connectivity index (χ0) is 13.7. The Morgan fingerprint density at radius 1 is 1.37 bits per heavy atom. The van der Waals surface area contributed by atoms with Crippen molar-refractivity contribution < 1.29 is 0 Å². The molecule has 1 heterocycles. The molecule has 2 rings (SSSR count). The third-order valence-corrected chi connectivity index (χ3v) is 3.84. The molecule has 0 spiro atoms. The minimum absolute atomic E-state index is 0.414. The molecule has 0 saturated carbocycles. The third-order valence-electron chi connectivity index (χ3n) is 3.47. The van der Waals surface area contributed by atoms with E-state index in [1.54, 1.807) is 0 Å². The maximum atomic E-state index is 6.21. The van der Waals surface area contributed by atoms with Gasteiger partial charge in [0.05, 0.1) is 0 Å². The van der Waals surface area contributed by atoms with Crippen molar-refractivity contribution in [1.29, 1.82) is 0 Å². The minimum Gasteiger partial charge on any atom is -0.338 e. The fourth-order valence-corrected chi connectivity index (χ4v) is 2.43. The van der Waals surface area contributed by atoms with Gasteiger partial charge >= 0.3 is 0 Å². The summed E-state index contributed by atoms with van der Waals surface area (Å²) in [5, 5.41) is 4.21. The molecule has 1 atom stereocenters. The highest BCUT2D eigenvalue weighted by molar-refractivity contribution is 6.31. The second-order valence-corrected chi connectivity index (χ2v) is 5.18. The first-order valence-corrected chi connectivity index (χ1v) is 6.95. The van der Waals surface area contributed by atoms with Crippen molar-refractivity contribution in [2.75, 3.05) is 7.05 Å². The molecule has 0 saturated heterocycles. The Hall–Kier alpha value is -1.32. The van der Waals surface area contributed by atoms with E-state index in [1.807, 2.05) is 44.7 Å². The molecule has 1 unspecified atom stereocenters. The molecule has 1 aromatic carbocycles. The van der Waals surface area contributed by atoms with Gasteiger partial charge in [-0.15, -0.1) is 0 Å². The van der Waals surface area contributed by atoms with E-state index in [-0.39, 0.29) is 0 Å². The van der Waals surface area contributed by atoms with Crippen molar-refractivity contribution in [3.05, 3.63) is 53.1 Å². The van der Waals surface area contributed by atoms with Gasteiger partial charge in [0.25, 0.3) is 0 Å². The summed E-state index contributed by atoms with van der Waals surface area (Å²) in [6.07, 6.45) is 6.79. The van der Waals surface area contributed by atoms with E-state index in [4.69, 9.17) is 11.6 Å². The van der Waals surface area contributed by atoms with E-state index < -0.39 is 0 Å². The van der Waals surface area contributed by atoms with Crippen LogP contribution in [0.1, 0.15) is 17.8 Å². The van der Waals surface area contributed by atoms with E-state index >= 15 is 0 Å². The fraction of sp³-hybridized carbons (Fsp3) is 0.400. The molecule has 1 aromatic heterocycles. The molecular formula is C15H20ClN3. The number of hydrogen-bond donors (Lipinski definition) is 1. The number of imidazole rings is 1. The molecule has 4 heteroatoms. The van der Waals surface area contributed by atoms with E-state index in [1.165, 1.54) is 5.56 Å². The normalized spacial score (nSPS) is 12.6. The number of nitrogens with one attached hydrogen (secondary N) is 1. The van der Waals surface area contributed by atoms with E-state index in [0.29, 0.717) is 6.04 Å². The van der Waals surface area contributed by atoms with Crippen LogP contribution in [0.2, 0.25) is 5.02 Å². The van der Waals surface area contributed by atoms with Gasteiger partial charge in [-0.25, -0.2) is 4.98 Å². The van der Waals surface area contributed by atoms with Crippen molar-refractivity contribution in [2.45, 2.75) is 25.3 Å². The summed E-state index contributed by atoms with van der Waals surface area (Å²) in [5.74, 6) is 1.12. The van der Waals surface area contributed by atoms with Crippen LogP contribution in [-0.4, -0.2) is 22.6 Å². The maximum Gasteiger partial charge on any atom is 0.108 e. The van der Waals surface area contributed by atoms with Crippen LogP contribution in [0.25, 0.3) is 0 Å². The molecule has 19 heavy (non-hydrogen) atoms. The Bertz CT molecular complexity index is 522. The summed E-state index contributed by atoms with van der Waals surface area (Å²) in [6, 6.07) is 8.45. The van der Waals surface area contributed by atoms with Crippen LogP contribution < -0.4 is 5.32 Å². The van der Waals surface area contributed by atoms with Crippen molar-refractivity contribution in [3.8, 4) is 0 Å². The van der Waals surface area contributed by atoms with Gasteiger partial charge in [0.15, 0.2) is 0 Å². The number of aryl methyl sites for hydroxylation is 2. The molecule has 2 aromatic rings. The van der Waals surface area contributed by atoms with Gasteiger partial charge in [0, 0.05) is 36.9 Å². The smallest absolute Gasteiger partial charge is 0.108 e. The number of hydrogen-bond acceptors (Lipinski definition) is 2. The van der Waals surface area contributed by atoms with Crippen LogP contribution in [-0.2, 0) is 19.9 Å². The Morgan fingerprint density at radius 3 is 2.79 bits per heavy atom. The Morgan fingerprint density at radius 2 is 2.16 bits per heavy atom. The first-order chi connectivity index (χ1) is 9.20. The molecule has 0 fully saturated rings. The number of benzene rings is 1. The monoisotopic (exact) mass is 277 g/mol. The quantitative estimate of drug-likeness (QED) is 0.880. The van der Waals surface area contributed by atoms with Crippen molar-refractivity contribution >= 4 is 11.6 Å². The zero-order valence-corrected chi connectivity index (χ0v) is 12.2. The minimum atomic E-state index is 0.414. The van der Waals surface area contributed by atoms with Crippen LogP contribution in [0, 0.1) is 0 Å². The number of aromatic nitrogens is 2. The molecule has 0 aliphatic carbocycles. The second-order valence-electron chi connectivity index (χ2n) is 4.77. The molecule has 3 nitrogen and oxygen atoms in total. The highest BCUT2D eigenvalue weighted by Crippen LogP contribution is 2.18. The number of rotatable bonds is 6. The predicted octanol–water partition coefficient (Wildman–Crippen LogP) is 2.84. The number of halogens is 1. The fourth-order valence-electron chi connectivity index (χ4n) is 2.22. The summed E-state index contributed by atoms with van der Waals surface area (Å²) in [4.78, 5) is 4.36. The topological polar surface area (TPSA) is 29.9 Å². The first-order valence-electron chi connectivity index (χ1n) is 6.57. The largest absolute Gasteiger partial charge is 0.338 e. The van der Waals surface area contributed by atoms with Crippen molar-refractivity contribution in [1.82, 2.24) is 14.9 Å². The van der Waals surface area contributed by atoms with Crippen LogP contribution in [0.4, 0.5) is 0 Å². The zero-order valence-electron chi connectivity index (χ0n) is 11.4. The van der Waals surface area contributed by atoms with Crippen LogP contribution in [0.3, 0.4) is 0 Å². The van der Waals surface area contributed by atoms with Crippen molar-refractivity contribution in [3.63, 3.8) is 0 Å². The summed E-state index contributed by atoms with van der Waals surface area (Å²) < 4.78 is 2.07. The Kier molecular flexibility index (Phi) is 5.00. The van der Waals surface area contributed by atoms with E-state index in [9.17, 15) is 0 Å². The van der Waals surface area contributed by atoms with Crippen LogP contribution in [0.15, 0.2) is 36.7 Å². The van der Waals surface area contributed by atoms with E-state index in [0.717, 1.165) is 30.1 Å². The molecular weight excluding hydrogens is 258 g/mol. The SMILES string of the molecule is CNC(CCc1nccn1C)Cc1ccccc1Cl. The van der Waals surface area contributed by atoms with Crippen LogP contribution >= 0.6 is 11.6 Å². The van der Waals surface area contributed by atoms with Gasteiger partial charge in [0.1, 0.15) is 5.82 Å². The van der Waals surface area contributed by atoms with Crippen LogP contribution in [0.5, 0.6) is 0 Å². The molecule has 0 aliphatic rings. The lowest BCUT2D eigenvalue weighted by Crippen LogP contribution is -2.28. The van der Waals surface area contributed by atoms with Gasteiger partial charge < -0.3 is 9.88 Å². The Labute approximate surface area is 119 Å². The van der Waals surface area contributed by atoms with Gasteiger partial charge in [-0.1, -0.05) is 29.8 Å². The first kappa shape index (κ1) is 14.1. The number of likely N-dealkylation sites (N-methyl/N-ethyl adjacent to an activating group) is 1. The lowest BCUT2D eigenvalue weighted by Gasteiger charge is -2.16. The average molecular weight is 278 g/mol. The van der Waals surface area contributed by atoms with Gasteiger partial charge in [-0.3, -0.25) is 0 Å². The lowest BCUT2D eigenvalue weighted by atomic mass is 10.0. The van der Waals surface area contributed by atoms with E-state index in [2.05, 4.69) is 20.9 Å². The standard InChI is InChI=1S/C15H20ClN3/c1-17-13(7-8-15-18-9-10-19(15)2)11-12-5-3-4-6-14(12)16/h3-6,9-10,13,17H,7-8,11H2,1-2H3. The molecule has 0 bridgehead atoms. The maximum absolute atomic E-state index is 6.21. The lowest BCUT2D eigenvalue weighted by molar-refractivity contribution is 0.510. The number of nitrogens with zero attached hydrogens (tertiary/aromatic N) is 2. The molecule has 0 amide bonds. The second kappa shape index (κ2) is 6.73. The predicted molar refractivity (Wildman–Crippen MR) is 79.5 cm³/mol. The summed E-state index contributed by atoms with van der Waals surface area (Å²) >= 11 is 6.21. The van der Waals surface area contributed by atoms with Gasteiger partial charge in [-0.2, -0.15) is 0 Å². The summed E-state index contributed by atoms with van der Waals surface area (Å²) in [5.41, 5.74) is 1.20. The van der Waals surface area contributed by atoms with Gasteiger partial charge in [0.2, 0.25) is 0 Å². The van der Waals surface area contributed by atoms with Gasteiger partial charge in [-0.05, 0) is 31.5 Å². The molecule has 102 valence electrons. The summed E-state index contributed by atoms with van der Waals surface area (Å²) in [6.45, 7) is 0. The molecule has 1 N–H and O–H groups in total. The third kappa shape index (κ3) is 3.82. The highest BCUT2D eigenvalue weighted by Gasteiger charge is 2.11. The molecule has 0 aliphatic heterocycles. The molecule has 0 radical (unpaired) electrons. The Balaban J connectivity index is 1.94. The average Bonchev–Trinajstić information content (AvgIpc) is 2.82. The highest BCUT2D eigenvalue weighted by atomic mass is 35.5. The summed E-state index contributed by atoms with van der Waals surface area (Å²) in [7, 11) is 4.03.